The summed E-state index contributed by atoms with van der Waals surface area (Å²) in [5.41, 5.74) is 7.04. The molecular weight excluding hydrogens is 860 g/mol. The number of nitrogens with zero attached hydrogens (tertiary/aromatic N) is 3. The number of carbonyl (C=O) groups is 3. The van der Waals surface area contributed by atoms with Crippen molar-refractivity contribution in [3.63, 3.8) is 0 Å². The molecule has 2 aliphatic heterocycles. The fourth-order valence-corrected chi connectivity index (χ4v) is 9.13. The predicted molar refractivity (Wildman–Crippen MR) is 252 cm³/mol. The van der Waals surface area contributed by atoms with E-state index in [1.807, 2.05) is 97.1 Å². The molecule has 0 fully saturated rings. The molecule has 0 saturated carbocycles. The number of esters is 1. The van der Waals surface area contributed by atoms with Crippen LogP contribution in [-0.4, -0.2) is 48.4 Å². The molecule has 1 N–H and O–H groups in total. The first kappa shape index (κ1) is 44.9. The first-order chi connectivity index (χ1) is 31.4. The number of nitrogens with one attached hydrogen (secondary N) is 1. The summed E-state index contributed by atoms with van der Waals surface area (Å²) < 4.78 is 17.8. The summed E-state index contributed by atoms with van der Waals surface area (Å²) in [7, 11) is 3.06. The molecule has 330 valence electrons. The minimum absolute atomic E-state index is 0.134. The maximum absolute atomic E-state index is 14.9. The third-order valence-corrected chi connectivity index (χ3v) is 13.1. The molecule has 10 nitrogen and oxygen atoms in total. The quantitative estimate of drug-likeness (QED) is 0.114. The Hall–Kier alpha value is -6.64. The lowest BCUT2D eigenvalue weighted by Crippen LogP contribution is -2.60. The fraction of sp³-hybridized carbons (Fsp3) is 0.245. The second kappa shape index (κ2) is 19.2. The SMILES string of the molecule is CC[C@@H](c1ccccc1)N1Cc2cc3c(cc2CC1C(=O)N[C@@](C)(Cc1ccc(-c2ccc(C#N)cc2)cc1)C(=O)OC)N(C)C(=O)[C@H](c1ccc(OCc2ccc(Cl)c(Cl)c2)cc1)O3. The lowest BCUT2D eigenvalue weighted by Gasteiger charge is -2.43. The number of amides is 2. The number of anilines is 1. The van der Waals surface area contributed by atoms with Crippen LogP contribution >= 0.6 is 23.2 Å². The van der Waals surface area contributed by atoms with Gasteiger partial charge in [-0.25, -0.2) is 4.79 Å². The molecule has 0 aromatic heterocycles. The predicted octanol–water partition coefficient (Wildman–Crippen LogP) is 10.4. The molecule has 12 heteroatoms. The van der Waals surface area contributed by atoms with Gasteiger partial charge in [0.25, 0.3) is 5.91 Å². The molecular formula is C53H48Cl2N4O6. The zero-order chi connectivity index (χ0) is 45.8. The average molecular weight is 908 g/mol. The lowest BCUT2D eigenvalue weighted by molar-refractivity contribution is -0.151. The monoisotopic (exact) mass is 906 g/mol. The van der Waals surface area contributed by atoms with E-state index in [1.54, 1.807) is 43.1 Å². The van der Waals surface area contributed by atoms with Crippen LogP contribution in [0.2, 0.25) is 10.0 Å². The Bertz CT molecular complexity index is 2760. The Kier molecular flexibility index (Phi) is 13.3. The highest BCUT2D eigenvalue weighted by molar-refractivity contribution is 6.42. The molecule has 0 aliphatic carbocycles. The summed E-state index contributed by atoms with van der Waals surface area (Å²) in [6.07, 6.45) is 0.343. The Morgan fingerprint density at radius 1 is 0.877 bits per heavy atom. The first-order valence-electron chi connectivity index (χ1n) is 21.4. The zero-order valence-electron chi connectivity index (χ0n) is 36.5. The van der Waals surface area contributed by atoms with E-state index in [0.717, 1.165) is 45.4 Å². The Morgan fingerprint density at radius 3 is 2.20 bits per heavy atom. The summed E-state index contributed by atoms with van der Waals surface area (Å²) in [5.74, 6) is 0.0776. The van der Waals surface area contributed by atoms with E-state index in [2.05, 4.69) is 35.3 Å². The number of likely N-dealkylation sites (N-methyl/N-ethyl adjacent to an activating group) is 1. The van der Waals surface area contributed by atoms with Gasteiger partial charge in [-0.1, -0.05) is 115 Å². The van der Waals surface area contributed by atoms with E-state index in [9.17, 15) is 19.6 Å². The number of carbonyl (C=O) groups excluding carboxylic acids is 3. The van der Waals surface area contributed by atoms with Crippen LogP contribution in [0.5, 0.6) is 11.5 Å². The maximum atomic E-state index is 14.9. The number of rotatable bonds is 13. The summed E-state index contributed by atoms with van der Waals surface area (Å²) >= 11 is 12.2. The second-order valence-electron chi connectivity index (χ2n) is 16.7. The lowest BCUT2D eigenvalue weighted by atomic mass is 9.87. The molecule has 6 aromatic carbocycles. The largest absolute Gasteiger partial charge is 0.489 e. The van der Waals surface area contributed by atoms with Crippen LogP contribution < -0.4 is 19.7 Å². The molecule has 65 heavy (non-hydrogen) atoms. The van der Waals surface area contributed by atoms with Crippen molar-refractivity contribution in [2.45, 2.75) is 70.0 Å². The van der Waals surface area contributed by atoms with Gasteiger partial charge in [0.05, 0.1) is 40.5 Å². The van der Waals surface area contributed by atoms with Crippen molar-refractivity contribution in [1.82, 2.24) is 10.2 Å². The zero-order valence-corrected chi connectivity index (χ0v) is 38.0. The summed E-state index contributed by atoms with van der Waals surface area (Å²) in [4.78, 5) is 46.3. The molecule has 0 spiro atoms. The van der Waals surface area contributed by atoms with E-state index in [1.165, 1.54) is 7.11 Å². The van der Waals surface area contributed by atoms with E-state index < -0.39 is 23.7 Å². The van der Waals surface area contributed by atoms with Crippen LogP contribution in [0.25, 0.3) is 11.1 Å². The van der Waals surface area contributed by atoms with Gasteiger partial charge in [-0.15, -0.1) is 0 Å². The van der Waals surface area contributed by atoms with Gasteiger partial charge >= 0.3 is 5.97 Å². The Morgan fingerprint density at radius 2 is 1.55 bits per heavy atom. The van der Waals surface area contributed by atoms with Gasteiger partial charge in [0.2, 0.25) is 12.0 Å². The number of hydrogen-bond donors (Lipinski definition) is 1. The van der Waals surface area contributed by atoms with Crippen LogP contribution in [0, 0.1) is 11.3 Å². The molecule has 4 atom stereocenters. The minimum Gasteiger partial charge on any atom is -0.489 e. The third kappa shape index (κ3) is 9.59. The number of fused-ring (bicyclic) bond motifs is 2. The van der Waals surface area contributed by atoms with Crippen molar-refractivity contribution >= 4 is 46.7 Å². The standard InChI is InChI=1S/C53H48Cl2N4O6/c1-5-45(38-9-7-6-8-10-38)59-31-41-28-48-46(58(3)51(61)49(65-48)39-20-22-42(23-21-39)64-32-35-15-24-43(54)44(55)25-35)26-40(41)27-47(59)50(60)57-53(2,52(62)63-4)29-33-11-16-36(17-12-33)37-18-13-34(30-56)14-19-37/h6-26,28,45,47,49H,5,27,29,31-32H2,1-4H3,(H,57,60)/t45-,47?,49-,53-/m0/s1. The highest BCUT2D eigenvalue weighted by Gasteiger charge is 2.43. The molecule has 6 aromatic rings. The van der Waals surface area contributed by atoms with Gasteiger partial charge in [0.1, 0.15) is 23.6 Å². The molecule has 2 amide bonds. The van der Waals surface area contributed by atoms with Gasteiger partial charge < -0.3 is 24.4 Å². The van der Waals surface area contributed by atoms with Crippen LogP contribution in [-0.2, 0) is 45.1 Å². The number of halogens is 2. The van der Waals surface area contributed by atoms with Gasteiger partial charge in [-0.2, -0.15) is 5.26 Å². The minimum atomic E-state index is -1.40. The highest BCUT2D eigenvalue weighted by Crippen LogP contribution is 2.44. The van der Waals surface area contributed by atoms with Gasteiger partial charge in [-0.05, 0) is 107 Å². The summed E-state index contributed by atoms with van der Waals surface area (Å²) in [5, 5.41) is 13.3. The molecule has 0 bridgehead atoms. The van der Waals surface area contributed by atoms with Crippen molar-refractivity contribution < 1.29 is 28.6 Å². The molecule has 2 aliphatic rings. The first-order valence-corrected chi connectivity index (χ1v) is 22.2. The van der Waals surface area contributed by atoms with E-state index >= 15 is 0 Å². The highest BCUT2D eigenvalue weighted by atomic mass is 35.5. The number of methoxy groups -OCH3 is 1. The summed E-state index contributed by atoms with van der Waals surface area (Å²) in [6.45, 7) is 4.51. The summed E-state index contributed by atoms with van der Waals surface area (Å²) in [6, 6.07) is 43.2. The van der Waals surface area contributed by atoms with Crippen molar-refractivity contribution in [3.8, 4) is 28.7 Å². The number of nitriles is 1. The second-order valence-corrected chi connectivity index (χ2v) is 17.5. The van der Waals surface area contributed by atoms with Crippen LogP contribution in [0.3, 0.4) is 0 Å². The number of hydrogen-bond acceptors (Lipinski definition) is 8. The van der Waals surface area contributed by atoms with Gasteiger partial charge in [0, 0.05) is 31.6 Å². The van der Waals surface area contributed by atoms with Crippen LogP contribution in [0.1, 0.15) is 71.4 Å². The molecule has 8 rings (SSSR count). The normalized spacial score (nSPS) is 17.1. The number of ether oxygens (including phenoxy) is 3. The molecule has 0 radical (unpaired) electrons. The van der Waals surface area contributed by atoms with E-state index in [4.69, 9.17) is 37.4 Å². The Labute approximate surface area is 389 Å². The maximum Gasteiger partial charge on any atom is 0.331 e. The van der Waals surface area contributed by atoms with E-state index in [-0.39, 0.29) is 24.3 Å². The van der Waals surface area contributed by atoms with Crippen molar-refractivity contribution in [1.29, 1.82) is 5.26 Å². The average Bonchev–Trinajstić information content (AvgIpc) is 3.33. The van der Waals surface area contributed by atoms with Gasteiger partial charge in [0.15, 0.2) is 0 Å². The van der Waals surface area contributed by atoms with Crippen LogP contribution in [0.4, 0.5) is 5.69 Å². The Balaban J connectivity index is 1.05. The van der Waals surface area contributed by atoms with Crippen molar-refractivity contribution in [2.75, 3.05) is 19.1 Å². The third-order valence-electron chi connectivity index (χ3n) is 12.3. The fourth-order valence-electron chi connectivity index (χ4n) is 8.81. The van der Waals surface area contributed by atoms with Gasteiger partial charge in [-0.3, -0.25) is 14.5 Å². The van der Waals surface area contributed by atoms with E-state index in [0.29, 0.717) is 57.9 Å². The number of benzene rings is 6. The smallest absolute Gasteiger partial charge is 0.331 e. The van der Waals surface area contributed by atoms with Crippen molar-refractivity contribution in [3.05, 3.63) is 182 Å². The molecule has 2 heterocycles. The molecule has 0 saturated heterocycles. The van der Waals surface area contributed by atoms with Crippen LogP contribution in [0.15, 0.2) is 133 Å². The molecule has 1 unspecified atom stereocenters. The topological polar surface area (TPSA) is 121 Å². The van der Waals surface area contributed by atoms with Crippen molar-refractivity contribution in [2.24, 2.45) is 0 Å².